The third kappa shape index (κ3) is 3.45. The maximum atomic E-state index is 13.3. The van der Waals surface area contributed by atoms with E-state index in [0.29, 0.717) is 18.7 Å². The molecule has 2 heterocycles. The Morgan fingerprint density at radius 1 is 1.13 bits per heavy atom. The number of aryl methyl sites for hydroxylation is 1. The molecule has 2 aromatic carbocycles. The van der Waals surface area contributed by atoms with Crippen molar-refractivity contribution in [3.8, 4) is 0 Å². The van der Waals surface area contributed by atoms with E-state index in [1.807, 2.05) is 48.5 Å². The summed E-state index contributed by atoms with van der Waals surface area (Å²) in [6.45, 7) is 5.26. The van der Waals surface area contributed by atoms with Gasteiger partial charge in [0.2, 0.25) is 0 Å². The number of carbonyl (C=O) groups excluding carboxylic acids is 1. The highest BCUT2D eigenvalue weighted by Gasteiger charge is 2.40. The number of rotatable bonds is 7. The van der Waals surface area contributed by atoms with Gasteiger partial charge in [-0.25, -0.2) is 4.98 Å². The Balaban J connectivity index is 1.76. The summed E-state index contributed by atoms with van der Waals surface area (Å²) in [5.41, 5.74) is 3.53. The number of nitrogens with zero attached hydrogens (tertiary/aromatic N) is 4. The van der Waals surface area contributed by atoms with Crippen molar-refractivity contribution in [1.82, 2.24) is 9.55 Å². The molecular weight excluding hydrogens is 380 g/mol. The lowest BCUT2D eigenvalue weighted by molar-refractivity contribution is -0.490. The number of methoxy groups -OCH3 is 1. The maximum absolute atomic E-state index is 13.3. The van der Waals surface area contributed by atoms with Crippen molar-refractivity contribution in [2.45, 2.75) is 39.4 Å². The minimum absolute atomic E-state index is 0.197. The molecule has 0 spiro atoms. The predicted molar refractivity (Wildman–Crippen MR) is 117 cm³/mol. The van der Waals surface area contributed by atoms with Gasteiger partial charge < -0.3 is 14.5 Å². The summed E-state index contributed by atoms with van der Waals surface area (Å²) >= 11 is 0. The van der Waals surface area contributed by atoms with Gasteiger partial charge in [0.15, 0.2) is 6.04 Å². The van der Waals surface area contributed by atoms with Crippen LogP contribution in [0.25, 0.3) is 11.0 Å². The van der Waals surface area contributed by atoms with E-state index in [2.05, 4.69) is 4.57 Å². The lowest BCUT2D eigenvalue weighted by atomic mass is 10.1. The molecule has 0 radical (unpaired) electrons. The summed E-state index contributed by atoms with van der Waals surface area (Å²) in [4.78, 5) is 19.7. The number of carbonyl (C=O) groups is 1. The molecule has 0 atom stereocenters. The van der Waals surface area contributed by atoms with E-state index in [0.717, 1.165) is 40.2 Å². The molecular formula is C23H26N4O3. The quantitative estimate of drug-likeness (QED) is 0.261. The van der Waals surface area contributed by atoms with Crippen LogP contribution in [0.4, 0.5) is 5.69 Å². The molecule has 0 aliphatic carbocycles. The van der Waals surface area contributed by atoms with Crippen molar-refractivity contribution in [1.29, 1.82) is 0 Å². The second-order valence-electron chi connectivity index (χ2n) is 7.69. The number of anilines is 1. The summed E-state index contributed by atoms with van der Waals surface area (Å²) < 4.78 is 8.16. The van der Waals surface area contributed by atoms with Gasteiger partial charge in [-0.15, -0.1) is 0 Å². The topological polar surface area (TPSA) is 73.4 Å². The standard InChI is InChI=1S/C23H26N4O3/c1-16(2)27(29)22-17-9-4-6-11-19(17)26(23(22)28)15-21-24-18-10-5-7-12-20(18)25(21)13-8-14-30-3/h4-7,9-12,16H,8,13-15H2,1-3H3/b27-22+. The van der Waals surface area contributed by atoms with E-state index in [1.54, 1.807) is 25.9 Å². The SMILES string of the molecule is COCCCn1c(CN2C(=O)/C(=[N+](/[O-])C(C)C)c3ccccc32)nc2ccccc21. The number of benzene rings is 2. The van der Waals surface area contributed by atoms with Crippen LogP contribution in [0.15, 0.2) is 48.5 Å². The van der Waals surface area contributed by atoms with Gasteiger partial charge in [-0.1, -0.05) is 24.3 Å². The third-order valence-electron chi connectivity index (χ3n) is 5.35. The number of ether oxygens (including phenoxy) is 1. The van der Waals surface area contributed by atoms with Gasteiger partial charge >= 0.3 is 5.91 Å². The first-order valence-corrected chi connectivity index (χ1v) is 10.2. The number of aromatic nitrogens is 2. The largest absolute Gasteiger partial charge is 0.623 e. The molecule has 0 unspecified atom stereocenters. The van der Waals surface area contributed by atoms with Gasteiger partial charge in [0.25, 0.3) is 5.71 Å². The number of para-hydroxylation sites is 3. The fourth-order valence-electron chi connectivity index (χ4n) is 3.89. The average molecular weight is 406 g/mol. The lowest BCUT2D eigenvalue weighted by Gasteiger charge is -2.17. The van der Waals surface area contributed by atoms with Crippen LogP contribution < -0.4 is 4.90 Å². The number of hydrogen-bond acceptors (Lipinski definition) is 4. The van der Waals surface area contributed by atoms with Gasteiger partial charge in [-0.05, 0) is 44.5 Å². The Kier molecular flexibility index (Phi) is 5.55. The molecule has 0 N–H and O–H groups in total. The van der Waals surface area contributed by atoms with E-state index < -0.39 is 0 Å². The van der Waals surface area contributed by atoms with E-state index in [1.165, 1.54) is 0 Å². The zero-order valence-corrected chi connectivity index (χ0v) is 17.5. The Hall–Kier alpha value is -3.19. The van der Waals surface area contributed by atoms with Crippen LogP contribution in [0.2, 0.25) is 0 Å². The van der Waals surface area contributed by atoms with Gasteiger partial charge in [0.1, 0.15) is 5.82 Å². The van der Waals surface area contributed by atoms with Crippen LogP contribution in [0.5, 0.6) is 0 Å². The first kappa shape index (κ1) is 20.1. The van der Waals surface area contributed by atoms with Crippen LogP contribution in [-0.2, 0) is 22.6 Å². The second-order valence-corrected chi connectivity index (χ2v) is 7.69. The molecule has 1 aliphatic rings. The maximum Gasteiger partial charge on any atom is 0.325 e. The molecule has 0 saturated heterocycles. The number of imidazole rings is 1. The molecule has 0 saturated carbocycles. The molecule has 0 fully saturated rings. The molecule has 3 aromatic rings. The van der Waals surface area contributed by atoms with Crippen LogP contribution in [0.3, 0.4) is 0 Å². The third-order valence-corrected chi connectivity index (χ3v) is 5.35. The lowest BCUT2D eigenvalue weighted by Crippen LogP contribution is -2.35. The summed E-state index contributed by atoms with van der Waals surface area (Å²) in [6, 6.07) is 15.1. The van der Waals surface area contributed by atoms with Crippen molar-refractivity contribution in [3.63, 3.8) is 0 Å². The van der Waals surface area contributed by atoms with Crippen LogP contribution >= 0.6 is 0 Å². The number of fused-ring (bicyclic) bond motifs is 2. The Labute approximate surface area is 175 Å². The van der Waals surface area contributed by atoms with E-state index in [-0.39, 0.29) is 17.7 Å². The van der Waals surface area contributed by atoms with Gasteiger partial charge in [-0.2, -0.15) is 4.74 Å². The molecule has 1 aromatic heterocycles. The molecule has 1 amide bonds. The molecule has 7 nitrogen and oxygen atoms in total. The normalized spacial score (nSPS) is 15.3. The van der Waals surface area contributed by atoms with Crippen molar-refractivity contribution in [2.24, 2.45) is 0 Å². The molecule has 7 heteroatoms. The highest BCUT2D eigenvalue weighted by atomic mass is 16.5. The molecule has 4 rings (SSSR count). The zero-order chi connectivity index (χ0) is 21.3. The molecule has 0 bridgehead atoms. The zero-order valence-electron chi connectivity index (χ0n) is 17.5. The Morgan fingerprint density at radius 2 is 1.87 bits per heavy atom. The van der Waals surface area contributed by atoms with Crippen LogP contribution in [-0.4, -0.2) is 45.7 Å². The fraction of sp³-hybridized carbons (Fsp3) is 0.348. The van der Waals surface area contributed by atoms with Crippen molar-refractivity contribution >= 4 is 28.3 Å². The Bertz CT molecular complexity index is 1120. The smallest absolute Gasteiger partial charge is 0.325 e. The minimum Gasteiger partial charge on any atom is -0.623 e. The highest BCUT2D eigenvalue weighted by Crippen LogP contribution is 2.31. The highest BCUT2D eigenvalue weighted by molar-refractivity contribution is 6.52. The monoisotopic (exact) mass is 406 g/mol. The fourth-order valence-corrected chi connectivity index (χ4v) is 3.89. The summed E-state index contributed by atoms with van der Waals surface area (Å²) in [5.74, 6) is 0.508. The number of hydroxylamine groups is 1. The summed E-state index contributed by atoms with van der Waals surface area (Å²) in [6.07, 6.45) is 0.841. The first-order valence-electron chi connectivity index (χ1n) is 10.2. The van der Waals surface area contributed by atoms with Crippen LogP contribution in [0.1, 0.15) is 31.7 Å². The average Bonchev–Trinajstić information content (AvgIpc) is 3.23. The van der Waals surface area contributed by atoms with Crippen molar-refractivity contribution < 1.29 is 14.3 Å². The molecule has 1 aliphatic heterocycles. The second kappa shape index (κ2) is 8.28. The predicted octanol–water partition coefficient (Wildman–Crippen LogP) is 3.33. The van der Waals surface area contributed by atoms with Gasteiger partial charge in [0, 0.05) is 20.3 Å². The summed E-state index contributed by atoms with van der Waals surface area (Å²) in [5, 5.41) is 12.7. The van der Waals surface area contributed by atoms with Crippen LogP contribution in [0, 0.1) is 5.21 Å². The molecule has 30 heavy (non-hydrogen) atoms. The van der Waals surface area contributed by atoms with Crippen molar-refractivity contribution in [3.05, 3.63) is 65.1 Å². The number of amides is 1. The Morgan fingerprint density at radius 3 is 2.63 bits per heavy atom. The summed E-state index contributed by atoms with van der Waals surface area (Å²) in [7, 11) is 1.69. The van der Waals surface area contributed by atoms with E-state index in [9.17, 15) is 10.0 Å². The first-order chi connectivity index (χ1) is 14.5. The van der Waals surface area contributed by atoms with E-state index in [4.69, 9.17) is 9.72 Å². The van der Waals surface area contributed by atoms with Gasteiger partial charge in [0.05, 0.1) is 28.8 Å². The number of hydrogen-bond donors (Lipinski definition) is 0. The minimum atomic E-state index is -0.324. The van der Waals surface area contributed by atoms with Crippen molar-refractivity contribution in [2.75, 3.05) is 18.6 Å². The van der Waals surface area contributed by atoms with Gasteiger partial charge in [-0.3, -0.25) is 9.69 Å². The van der Waals surface area contributed by atoms with E-state index >= 15 is 0 Å². The molecule has 156 valence electrons.